The fourth-order valence-electron chi connectivity index (χ4n) is 18.7. The first kappa shape index (κ1) is 60.8. The quantitative estimate of drug-likeness (QED) is 0.105. The van der Waals surface area contributed by atoms with E-state index in [2.05, 4.69) is 388 Å². The summed E-state index contributed by atoms with van der Waals surface area (Å²) in [6, 6.07) is 141. The van der Waals surface area contributed by atoms with Crippen molar-refractivity contribution in [2.45, 2.75) is 6.42 Å². The van der Waals surface area contributed by atoms with Crippen LogP contribution in [0.4, 0.5) is 0 Å². The van der Waals surface area contributed by atoms with Crippen molar-refractivity contribution in [3.05, 3.63) is 399 Å². The van der Waals surface area contributed by atoms with Crippen molar-refractivity contribution in [2.75, 3.05) is 0 Å². The van der Waals surface area contributed by atoms with Crippen LogP contribution in [0.5, 0.6) is 0 Å². The number of hydrogen-bond donors (Lipinski definition) is 0. The standard InChI is InChI=1S/C30H18.C24H12.C22H14.C18H12.C13H10/c1-5-13-23-19(9-1)20-10-2-6-14-24(20)28-18-30-26-16-8-4-12-22(26)21-11-3-7-15-25(21)29(30)17-27(23)28;1-2-14-5-6-16-9-11-18-12-10-17-8-7-15-4-3-13(1)19-20(14)22(16)24(18)23(17)21(15)19;1-2-8-16-14-22-20-12-6-4-10-18(20)17-9-3-5-11-19(17)21(22)13-15(16)7-1;1-2-8-14-13(7-1)15-9-3-4-11-17(15)18-12-6-5-10-16(14)18;1-3-7-12-10(5-1)9-11-6-2-4-8-13(11)12/h1-18H;1-12H;1-14H;1-12H;1-8H,9H2. The maximum absolute atomic E-state index is 2.42. The zero-order valence-electron chi connectivity index (χ0n) is 58.7. The van der Waals surface area contributed by atoms with Gasteiger partial charge in [-0.25, -0.2) is 0 Å². The smallest absolute Gasteiger partial charge is 0.00135 e. The molecule has 26 rings (SSSR count). The molecule has 1 aliphatic carbocycles. The Bertz CT molecular complexity index is 6900. The molecule has 1 aliphatic rings. The normalized spacial score (nSPS) is 12.1. The van der Waals surface area contributed by atoms with E-state index in [0.29, 0.717) is 0 Å². The van der Waals surface area contributed by atoms with E-state index in [9.17, 15) is 0 Å². The number of fused-ring (bicyclic) bond motifs is 28. The summed E-state index contributed by atoms with van der Waals surface area (Å²) in [6.45, 7) is 0. The zero-order chi connectivity index (χ0) is 70.2. The molecule has 0 heteroatoms. The van der Waals surface area contributed by atoms with Crippen molar-refractivity contribution in [2.24, 2.45) is 0 Å². The highest BCUT2D eigenvalue weighted by molar-refractivity contribution is 6.45. The van der Waals surface area contributed by atoms with E-state index in [0.717, 1.165) is 6.42 Å². The van der Waals surface area contributed by atoms with Gasteiger partial charge < -0.3 is 0 Å². The lowest BCUT2D eigenvalue weighted by Gasteiger charge is -2.20. The minimum absolute atomic E-state index is 1.10. The molecular formula is C107H66. The molecule has 0 amide bonds. The Balaban J connectivity index is 0.0000000852. The van der Waals surface area contributed by atoms with Crippen molar-refractivity contribution < 1.29 is 0 Å². The van der Waals surface area contributed by atoms with Crippen LogP contribution >= 0.6 is 0 Å². The van der Waals surface area contributed by atoms with E-state index in [-0.39, 0.29) is 0 Å². The van der Waals surface area contributed by atoms with Crippen LogP contribution in [0.1, 0.15) is 11.1 Å². The van der Waals surface area contributed by atoms with Gasteiger partial charge in [-0.15, -0.1) is 0 Å². The van der Waals surface area contributed by atoms with Gasteiger partial charge in [0.25, 0.3) is 0 Å². The van der Waals surface area contributed by atoms with Crippen LogP contribution in [0.2, 0.25) is 0 Å². The van der Waals surface area contributed by atoms with Crippen molar-refractivity contribution in [1.29, 1.82) is 0 Å². The summed E-state index contributed by atoms with van der Waals surface area (Å²) in [4.78, 5) is 0. The molecule has 0 radical (unpaired) electrons. The van der Waals surface area contributed by atoms with Gasteiger partial charge in [0.15, 0.2) is 0 Å². The van der Waals surface area contributed by atoms with Gasteiger partial charge in [-0.1, -0.05) is 364 Å². The highest BCUT2D eigenvalue weighted by atomic mass is 14.2. The van der Waals surface area contributed by atoms with Crippen LogP contribution in [0.3, 0.4) is 0 Å². The van der Waals surface area contributed by atoms with Crippen LogP contribution in [0.15, 0.2) is 388 Å². The summed E-state index contributed by atoms with van der Waals surface area (Å²) in [6.07, 6.45) is 1.10. The summed E-state index contributed by atoms with van der Waals surface area (Å²) in [5.41, 5.74) is 5.75. The summed E-state index contributed by atoms with van der Waals surface area (Å²) in [5, 5.41) is 51.3. The first-order valence-corrected chi connectivity index (χ1v) is 37.4. The molecule has 0 atom stereocenters. The third-order valence-electron chi connectivity index (χ3n) is 23.5. The minimum atomic E-state index is 1.10. The molecular weight excluding hydrogens is 1290 g/mol. The van der Waals surface area contributed by atoms with Crippen molar-refractivity contribution in [3.8, 4) is 11.1 Å². The molecule has 107 heavy (non-hydrogen) atoms. The summed E-state index contributed by atoms with van der Waals surface area (Å²) >= 11 is 0. The Morgan fingerprint density at radius 2 is 0.262 bits per heavy atom. The van der Waals surface area contributed by atoms with Crippen LogP contribution in [-0.2, 0) is 6.42 Å². The largest absolute Gasteiger partial charge is 0.0619 e. The van der Waals surface area contributed by atoms with Crippen molar-refractivity contribution >= 4 is 205 Å². The van der Waals surface area contributed by atoms with Crippen LogP contribution in [-0.4, -0.2) is 0 Å². The Morgan fingerprint density at radius 1 is 0.112 bits per heavy atom. The Labute approximate surface area is 617 Å². The van der Waals surface area contributed by atoms with Crippen LogP contribution in [0.25, 0.3) is 216 Å². The second-order valence-corrected chi connectivity index (χ2v) is 29.1. The number of hydrogen-bond acceptors (Lipinski definition) is 0. The van der Waals surface area contributed by atoms with E-state index < -0.39 is 0 Å². The fraction of sp³-hybridized carbons (Fsp3) is 0.00935. The van der Waals surface area contributed by atoms with E-state index in [1.807, 2.05) is 0 Å². The van der Waals surface area contributed by atoms with Crippen molar-refractivity contribution in [1.82, 2.24) is 0 Å². The first-order chi connectivity index (χ1) is 53.1. The molecule has 0 heterocycles. The fourth-order valence-corrected chi connectivity index (χ4v) is 18.7. The van der Waals surface area contributed by atoms with Gasteiger partial charge in [0.05, 0.1) is 0 Å². The maximum Gasteiger partial charge on any atom is -0.00135 e. The van der Waals surface area contributed by atoms with Gasteiger partial charge in [0.2, 0.25) is 0 Å². The molecule has 0 aliphatic heterocycles. The summed E-state index contributed by atoms with van der Waals surface area (Å²) in [5.74, 6) is 0. The van der Waals surface area contributed by atoms with Gasteiger partial charge in [-0.05, 0) is 258 Å². The maximum atomic E-state index is 2.42. The first-order valence-electron chi connectivity index (χ1n) is 37.4. The van der Waals surface area contributed by atoms with E-state index in [4.69, 9.17) is 0 Å². The van der Waals surface area contributed by atoms with Crippen LogP contribution < -0.4 is 0 Å². The highest BCUT2D eigenvalue weighted by Crippen LogP contribution is 2.49. The van der Waals surface area contributed by atoms with Gasteiger partial charge in [0, 0.05) is 0 Å². The molecule has 0 bridgehead atoms. The summed E-state index contributed by atoms with van der Waals surface area (Å²) in [7, 11) is 0. The minimum Gasteiger partial charge on any atom is -0.0619 e. The molecule has 0 unspecified atom stereocenters. The topological polar surface area (TPSA) is 0 Å². The molecule has 25 aromatic rings. The van der Waals surface area contributed by atoms with E-state index in [1.54, 1.807) is 0 Å². The molecule has 494 valence electrons. The summed E-state index contributed by atoms with van der Waals surface area (Å²) < 4.78 is 0. The molecule has 0 fully saturated rings. The van der Waals surface area contributed by atoms with Gasteiger partial charge in [-0.2, -0.15) is 0 Å². The van der Waals surface area contributed by atoms with Gasteiger partial charge in [-0.3, -0.25) is 0 Å². The molecule has 0 spiro atoms. The van der Waals surface area contributed by atoms with Crippen molar-refractivity contribution in [3.63, 3.8) is 0 Å². The molecule has 0 saturated heterocycles. The van der Waals surface area contributed by atoms with E-state index in [1.165, 1.54) is 227 Å². The lowest BCUT2D eigenvalue weighted by Crippen LogP contribution is -1.91. The van der Waals surface area contributed by atoms with Gasteiger partial charge in [0.1, 0.15) is 0 Å². The monoisotopic (exact) mass is 1350 g/mol. The predicted octanol–water partition coefficient (Wildman–Crippen LogP) is 30.2. The highest BCUT2D eigenvalue weighted by Gasteiger charge is 2.21. The molecule has 0 N–H and O–H groups in total. The van der Waals surface area contributed by atoms with Crippen LogP contribution in [0, 0.1) is 0 Å². The lowest BCUT2D eigenvalue weighted by atomic mass is 9.83. The second kappa shape index (κ2) is 24.4. The lowest BCUT2D eigenvalue weighted by molar-refractivity contribution is 1.26. The third-order valence-corrected chi connectivity index (χ3v) is 23.5. The molecule has 0 nitrogen and oxygen atoms in total. The Hall–Kier alpha value is -13.8. The third kappa shape index (κ3) is 9.56. The molecule has 25 aromatic carbocycles. The SMILES string of the molecule is c1cc2ccc3ccc4ccc5ccc6ccc1c1c2c3c4c5c61.c1ccc2c(c1)Cc1ccccc1-2.c1ccc2c(c1)c1ccccc1c1cc3c4ccccc4c4ccccc4c3cc21.c1ccc2c(c1)c1ccccc1c1ccccc21.c1ccc2cc3c4ccccc4c4ccccc4c3cc2c1. The number of rotatable bonds is 0. The van der Waals surface area contributed by atoms with E-state index >= 15 is 0 Å². The zero-order valence-corrected chi connectivity index (χ0v) is 58.7. The molecule has 0 saturated carbocycles. The number of benzene rings is 25. The average Bonchev–Trinajstić information content (AvgIpc) is 1.01. The Kier molecular flexibility index (Phi) is 13.9. The Morgan fingerprint density at radius 3 is 0.458 bits per heavy atom. The predicted molar refractivity (Wildman–Crippen MR) is 467 cm³/mol. The molecule has 0 aromatic heterocycles. The second-order valence-electron chi connectivity index (χ2n) is 29.1. The average molecular weight is 1350 g/mol. The van der Waals surface area contributed by atoms with Gasteiger partial charge >= 0.3 is 0 Å².